The number of hydrogen-bond donors (Lipinski definition) is 1. The average Bonchev–Trinajstić information content (AvgIpc) is 3.24. The SMILES string of the molecule is COc1cc2oc(-c3cc(OC)c4c(c3)OCO4)cc(=O)c2c(OC)c1C=CC(C)(C)O. The normalized spacial score (nSPS) is 13.1. The average molecular weight is 440 g/mol. The van der Waals surface area contributed by atoms with Gasteiger partial charge in [-0.05, 0) is 32.1 Å². The fourth-order valence-electron chi connectivity index (χ4n) is 3.52. The van der Waals surface area contributed by atoms with E-state index in [1.54, 1.807) is 44.2 Å². The number of methoxy groups -OCH3 is 3. The highest BCUT2D eigenvalue weighted by atomic mass is 16.7. The number of aliphatic hydroxyl groups is 1. The summed E-state index contributed by atoms with van der Waals surface area (Å²) in [5.74, 6) is 2.53. The zero-order valence-electron chi connectivity index (χ0n) is 18.5. The second kappa shape index (κ2) is 8.12. The third-order valence-electron chi connectivity index (χ3n) is 5.00. The summed E-state index contributed by atoms with van der Waals surface area (Å²) >= 11 is 0. The summed E-state index contributed by atoms with van der Waals surface area (Å²) in [5.41, 5.74) is 0.0507. The highest BCUT2D eigenvalue weighted by Gasteiger charge is 2.23. The molecule has 4 rings (SSSR count). The molecule has 0 unspecified atom stereocenters. The molecule has 8 nitrogen and oxygen atoms in total. The van der Waals surface area contributed by atoms with Gasteiger partial charge in [0.2, 0.25) is 12.5 Å². The van der Waals surface area contributed by atoms with Crippen molar-refractivity contribution in [2.24, 2.45) is 0 Å². The fraction of sp³-hybridized carbons (Fsp3) is 0.292. The van der Waals surface area contributed by atoms with Gasteiger partial charge in [-0.2, -0.15) is 0 Å². The molecule has 1 aliphatic rings. The molecule has 3 aromatic rings. The van der Waals surface area contributed by atoms with Gasteiger partial charge in [0.1, 0.15) is 28.2 Å². The lowest BCUT2D eigenvalue weighted by Gasteiger charge is -2.15. The topological polar surface area (TPSA) is 96.6 Å². The summed E-state index contributed by atoms with van der Waals surface area (Å²) in [6.07, 6.45) is 3.25. The van der Waals surface area contributed by atoms with E-state index in [4.69, 9.17) is 28.1 Å². The minimum atomic E-state index is -1.06. The van der Waals surface area contributed by atoms with Crippen LogP contribution in [0.2, 0.25) is 0 Å². The molecule has 1 N–H and O–H groups in total. The van der Waals surface area contributed by atoms with Crippen LogP contribution in [0.5, 0.6) is 28.7 Å². The molecule has 2 heterocycles. The zero-order valence-corrected chi connectivity index (χ0v) is 18.5. The molecule has 2 aromatic carbocycles. The fourth-order valence-corrected chi connectivity index (χ4v) is 3.52. The van der Waals surface area contributed by atoms with Crippen molar-refractivity contribution in [3.05, 3.63) is 46.1 Å². The van der Waals surface area contributed by atoms with E-state index in [1.165, 1.54) is 27.4 Å². The van der Waals surface area contributed by atoms with Crippen LogP contribution in [0, 0.1) is 0 Å². The van der Waals surface area contributed by atoms with Gasteiger partial charge in [0.25, 0.3) is 0 Å². The van der Waals surface area contributed by atoms with E-state index in [1.807, 2.05) is 0 Å². The van der Waals surface area contributed by atoms with Gasteiger partial charge in [-0.25, -0.2) is 0 Å². The first-order valence-corrected chi connectivity index (χ1v) is 9.88. The van der Waals surface area contributed by atoms with Crippen LogP contribution >= 0.6 is 0 Å². The Labute approximate surface area is 184 Å². The quantitative estimate of drug-likeness (QED) is 0.615. The van der Waals surface area contributed by atoms with Crippen LogP contribution in [0.4, 0.5) is 0 Å². The van der Waals surface area contributed by atoms with Crippen molar-refractivity contribution >= 4 is 17.0 Å². The maximum absolute atomic E-state index is 13.2. The molecule has 0 aliphatic carbocycles. The Morgan fingerprint density at radius 2 is 1.75 bits per heavy atom. The van der Waals surface area contributed by atoms with Crippen LogP contribution in [0.1, 0.15) is 19.4 Å². The molecule has 0 saturated heterocycles. The van der Waals surface area contributed by atoms with E-state index in [2.05, 4.69) is 0 Å². The van der Waals surface area contributed by atoms with Crippen molar-refractivity contribution in [3.8, 4) is 40.1 Å². The Balaban J connectivity index is 1.94. The Hall–Kier alpha value is -3.65. The first kappa shape index (κ1) is 21.6. The molecular formula is C24H24O8. The second-order valence-electron chi connectivity index (χ2n) is 7.77. The molecule has 32 heavy (non-hydrogen) atoms. The maximum Gasteiger partial charge on any atom is 0.231 e. The zero-order chi connectivity index (χ0) is 23.0. The van der Waals surface area contributed by atoms with Gasteiger partial charge in [0.15, 0.2) is 16.9 Å². The van der Waals surface area contributed by atoms with Crippen molar-refractivity contribution < 1.29 is 33.2 Å². The molecular weight excluding hydrogens is 416 g/mol. The van der Waals surface area contributed by atoms with E-state index in [0.29, 0.717) is 51.2 Å². The highest BCUT2D eigenvalue weighted by molar-refractivity contribution is 5.91. The Kier molecular flexibility index (Phi) is 5.48. The minimum Gasteiger partial charge on any atom is -0.496 e. The van der Waals surface area contributed by atoms with Crippen LogP contribution in [0.3, 0.4) is 0 Å². The molecule has 0 radical (unpaired) electrons. The first-order chi connectivity index (χ1) is 15.3. The van der Waals surface area contributed by atoms with Crippen LogP contribution in [0.15, 0.2) is 39.6 Å². The first-order valence-electron chi connectivity index (χ1n) is 9.88. The third-order valence-corrected chi connectivity index (χ3v) is 5.00. The molecule has 0 fully saturated rings. The molecule has 0 amide bonds. The van der Waals surface area contributed by atoms with Crippen molar-refractivity contribution in [1.29, 1.82) is 0 Å². The molecule has 8 heteroatoms. The van der Waals surface area contributed by atoms with Crippen LogP contribution in [-0.4, -0.2) is 38.8 Å². The van der Waals surface area contributed by atoms with Crippen molar-refractivity contribution in [2.45, 2.75) is 19.4 Å². The largest absolute Gasteiger partial charge is 0.496 e. The van der Waals surface area contributed by atoms with Crippen LogP contribution < -0.4 is 29.1 Å². The van der Waals surface area contributed by atoms with E-state index in [-0.39, 0.29) is 17.6 Å². The Morgan fingerprint density at radius 1 is 1.00 bits per heavy atom. The monoisotopic (exact) mass is 440 g/mol. The minimum absolute atomic E-state index is 0.0894. The number of fused-ring (bicyclic) bond motifs is 2. The van der Waals surface area contributed by atoms with E-state index >= 15 is 0 Å². The van der Waals surface area contributed by atoms with Crippen LogP contribution in [0.25, 0.3) is 28.4 Å². The highest BCUT2D eigenvalue weighted by Crippen LogP contribution is 2.45. The number of benzene rings is 2. The van der Waals surface area contributed by atoms with Crippen molar-refractivity contribution in [1.82, 2.24) is 0 Å². The summed E-state index contributed by atoms with van der Waals surface area (Å²) < 4.78 is 33.5. The summed E-state index contributed by atoms with van der Waals surface area (Å²) in [4.78, 5) is 13.2. The van der Waals surface area contributed by atoms with Crippen molar-refractivity contribution in [3.63, 3.8) is 0 Å². The predicted octanol–water partition coefficient (Wildman–Crippen LogP) is 4.00. The molecule has 0 bridgehead atoms. The van der Waals surface area contributed by atoms with Crippen LogP contribution in [-0.2, 0) is 0 Å². The standard InChI is InChI=1S/C24H24O8/c1-24(2,26)7-6-14-17(27-3)11-18-21(22(14)29-5)15(25)10-16(32-18)13-8-19(28-4)23-20(9-13)30-12-31-23/h6-11,26H,12H2,1-5H3. The molecule has 0 saturated carbocycles. The Bertz CT molecular complexity index is 1260. The van der Waals surface area contributed by atoms with Gasteiger partial charge < -0.3 is 33.2 Å². The van der Waals surface area contributed by atoms with Gasteiger partial charge in [0.05, 0.1) is 32.5 Å². The smallest absolute Gasteiger partial charge is 0.231 e. The van der Waals surface area contributed by atoms with E-state index < -0.39 is 5.60 Å². The lowest BCUT2D eigenvalue weighted by atomic mass is 10.0. The van der Waals surface area contributed by atoms with Gasteiger partial charge in [0, 0.05) is 17.7 Å². The second-order valence-corrected chi connectivity index (χ2v) is 7.77. The van der Waals surface area contributed by atoms with E-state index in [0.717, 1.165) is 0 Å². The van der Waals surface area contributed by atoms with Gasteiger partial charge in [-0.15, -0.1) is 0 Å². The number of ether oxygens (including phenoxy) is 5. The summed E-state index contributed by atoms with van der Waals surface area (Å²) in [6.45, 7) is 3.37. The lowest BCUT2D eigenvalue weighted by molar-refractivity contribution is 0.134. The molecule has 1 aliphatic heterocycles. The number of hydrogen-bond acceptors (Lipinski definition) is 8. The summed E-state index contributed by atoms with van der Waals surface area (Å²) in [6, 6.07) is 6.45. The van der Waals surface area contributed by atoms with Gasteiger partial charge in [-0.1, -0.05) is 6.08 Å². The van der Waals surface area contributed by atoms with Gasteiger partial charge >= 0.3 is 0 Å². The Morgan fingerprint density at radius 3 is 2.41 bits per heavy atom. The maximum atomic E-state index is 13.2. The van der Waals surface area contributed by atoms with E-state index in [9.17, 15) is 9.90 Å². The number of rotatable bonds is 6. The lowest BCUT2D eigenvalue weighted by Crippen LogP contribution is -2.13. The van der Waals surface area contributed by atoms with Gasteiger partial charge in [-0.3, -0.25) is 4.79 Å². The summed E-state index contributed by atoms with van der Waals surface area (Å²) in [7, 11) is 4.49. The molecule has 0 spiro atoms. The summed E-state index contributed by atoms with van der Waals surface area (Å²) in [5, 5.41) is 10.3. The predicted molar refractivity (Wildman–Crippen MR) is 119 cm³/mol. The molecule has 0 atom stereocenters. The molecule has 168 valence electrons. The third kappa shape index (κ3) is 3.85. The molecule has 1 aromatic heterocycles. The van der Waals surface area contributed by atoms with Crippen molar-refractivity contribution in [2.75, 3.05) is 28.1 Å².